The minimum Gasteiger partial charge on any atom is -0.488 e. The van der Waals surface area contributed by atoms with Crippen LogP contribution in [-0.4, -0.2) is 21.1 Å². The van der Waals surface area contributed by atoms with E-state index in [9.17, 15) is 26.3 Å². The van der Waals surface area contributed by atoms with Gasteiger partial charge in [0.25, 0.3) is 0 Å². The van der Waals surface area contributed by atoms with E-state index in [-0.39, 0.29) is 49.5 Å². The van der Waals surface area contributed by atoms with Gasteiger partial charge in [0.05, 0.1) is 22.5 Å². The number of benzene rings is 1. The van der Waals surface area contributed by atoms with Gasteiger partial charge in [0.1, 0.15) is 18.1 Å². The van der Waals surface area contributed by atoms with Gasteiger partial charge >= 0.3 is 12.4 Å². The summed E-state index contributed by atoms with van der Waals surface area (Å²) in [5, 5.41) is 0.588. The third-order valence-corrected chi connectivity index (χ3v) is 6.94. The first-order valence-electron chi connectivity index (χ1n) is 12.2. The van der Waals surface area contributed by atoms with E-state index in [1.165, 1.54) is 6.20 Å². The Hall–Kier alpha value is -3.69. The Balaban J connectivity index is 1.57. The van der Waals surface area contributed by atoms with E-state index in [0.717, 1.165) is 17.8 Å². The van der Waals surface area contributed by atoms with E-state index in [2.05, 4.69) is 15.0 Å². The summed E-state index contributed by atoms with van der Waals surface area (Å²) in [6.45, 7) is 0.215. The van der Waals surface area contributed by atoms with Crippen LogP contribution >= 0.6 is 0 Å². The number of hydrogen-bond donors (Lipinski definition) is 0. The predicted molar refractivity (Wildman–Crippen MR) is 129 cm³/mol. The van der Waals surface area contributed by atoms with Crippen molar-refractivity contribution in [2.24, 2.45) is 5.92 Å². The topological polar surface area (TPSA) is 47.9 Å². The van der Waals surface area contributed by atoms with Crippen molar-refractivity contribution in [1.29, 1.82) is 0 Å². The standard InChI is InChI=1S/C28H23F6N3O/c29-27(30,31)19-8-6-18(7-9-19)21-15-36-26(28(32,33)34)12-20(21)24-13-25(22-14-35-11-10-23(22)37-24)38-16-17-4-2-1-3-5-17/h1-5,10-15,18-19H,6-9,16H2/t18-,19+. The zero-order valence-corrected chi connectivity index (χ0v) is 20.1. The molecule has 10 heteroatoms. The molecule has 0 spiro atoms. The second-order valence-corrected chi connectivity index (χ2v) is 9.42. The lowest BCUT2D eigenvalue weighted by Gasteiger charge is -2.31. The molecule has 1 aliphatic carbocycles. The summed E-state index contributed by atoms with van der Waals surface area (Å²) in [6.07, 6.45) is -4.54. The molecule has 1 fully saturated rings. The summed E-state index contributed by atoms with van der Waals surface area (Å²) < 4.78 is 86.6. The van der Waals surface area contributed by atoms with Crippen molar-refractivity contribution in [3.8, 4) is 17.0 Å². The second kappa shape index (κ2) is 10.2. The maximum Gasteiger partial charge on any atom is 0.433 e. The zero-order chi connectivity index (χ0) is 26.9. The smallest absolute Gasteiger partial charge is 0.433 e. The average Bonchev–Trinajstić information content (AvgIpc) is 2.91. The Bertz CT molecular complexity index is 1410. The molecule has 0 atom stereocenters. The average molecular weight is 532 g/mol. The molecule has 4 nitrogen and oxygen atoms in total. The molecule has 4 aromatic rings. The summed E-state index contributed by atoms with van der Waals surface area (Å²) in [7, 11) is 0. The molecule has 0 aliphatic heterocycles. The SMILES string of the molecule is FC(F)(F)c1cc(-c2cc(OCc3ccccc3)c3cnccc3n2)c([C@H]2CC[C@@H](C(F)(F)F)CC2)cn1. The lowest BCUT2D eigenvalue weighted by atomic mass is 9.77. The molecule has 3 aromatic heterocycles. The Morgan fingerprint density at radius 1 is 0.868 bits per heavy atom. The zero-order valence-electron chi connectivity index (χ0n) is 20.1. The molecule has 38 heavy (non-hydrogen) atoms. The molecular weight excluding hydrogens is 508 g/mol. The normalized spacial score (nSPS) is 18.5. The van der Waals surface area contributed by atoms with Gasteiger partial charge in [0.15, 0.2) is 0 Å². The summed E-state index contributed by atoms with van der Waals surface area (Å²) in [5.74, 6) is -1.39. The third kappa shape index (κ3) is 5.58. The Labute approximate surface area is 214 Å². The van der Waals surface area contributed by atoms with Crippen LogP contribution in [0.2, 0.25) is 0 Å². The van der Waals surface area contributed by atoms with E-state index in [1.54, 1.807) is 18.3 Å². The molecule has 3 heterocycles. The monoisotopic (exact) mass is 531 g/mol. The second-order valence-electron chi connectivity index (χ2n) is 9.42. The molecule has 0 radical (unpaired) electrons. The minimum absolute atomic E-state index is 0.0864. The van der Waals surface area contributed by atoms with Crippen molar-refractivity contribution in [3.63, 3.8) is 0 Å². The van der Waals surface area contributed by atoms with Crippen molar-refractivity contribution in [2.45, 2.75) is 50.6 Å². The maximum absolute atomic E-state index is 13.6. The molecule has 0 unspecified atom stereocenters. The van der Waals surface area contributed by atoms with Crippen molar-refractivity contribution in [1.82, 2.24) is 15.0 Å². The van der Waals surface area contributed by atoms with Crippen LogP contribution in [0.15, 0.2) is 67.1 Å². The van der Waals surface area contributed by atoms with Crippen LogP contribution in [0.3, 0.4) is 0 Å². The first kappa shape index (κ1) is 25.9. The number of halogens is 6. The van der Waals surface area contributed by atoms with Gasteiger partial charge in [-0.25, -0.2) is 4.98 Å². The van der Waals surface area contributed by atoms with Gasteiger partial charge in [-0.2, -0.15) is 26.3 Å². The highest BCUT2D eigenvalue weighted by atomic mass is 19.4. The lowest BCUT2D eigenvalue weighted by molar-refractivity contribution is -0.182. The molecule has 1 aliphatic rings. The molecule has 5 rings (SSSR count). The Morgan fingerprint density at radius 3 is 2.29 bits per heavy atom. The van der Waals surface area contributed by atoms with Crippen LogP contribution in [0.4, 0.5) is 26.3 Å². The number of fused-ring (bicyclic) bond motifs is 1. The van der Waals surface area contributed by atoms with Gasteiger partial charge in [-0.3, -0.25) is 9.97 Å². The van der Waals surface area contributed by atoms with Gasteiger partial charge in [-0.1, -0.05) is 30.3 Å². The molecule has 0 bridgehead atoms. The van der Waals surface area contributed by atoms with Crippen molar-refractivity contribution in [3.05, 3.63) is 83.9 Å². The fourth-order valence-corrected chi connectivity index (χ4v) is 4.93. The van der Waals surface area contributed by atoms with Crippen LogP contribution in [0.5, 0.6) is 5.75 Å². The summed E-state index contributed by atoms with van der Waals surface area (Å²) in [5.41, 5.74) is 1.14. The molecule has 0 amide bonds. The van der Waals surface area contributed by atoms with E-state index in [1.807, 2.05) is 30.3 Å². The van der Waals surface area contributed by atoms with Crippen molar-refractivity contribution < 1.29 is 31.1 Å². The Morgan fingerprint density at radius 2 is 1.61 bits per heavy atom. The lowest BCUT2D eigenvalue weighted by Crippen LogP contribution is -2.27. The molecule has 0 saturated heterocycles. The van der Waals surface area contributed by atoms with Crippen LogP contribution in [0.25, 0.3) is 22.2 Å². The number of ether oxygens (including phenoxy) is 1. The van der Waals surface area contributed by atoms with Crippen molar-refractivity contribution in [2.75, 3.05) is 0 Å². The number of aromatic nitrogens is 3. The van der Waals surface area contributed by atoms with Gasteiger partial charge in [0, 0.05) is 30.2 Å². The van der Waals surface area contributed by atoms with E-state index in [4.69, 9.17) is 4.74 Å². The van der Waals surface area contributed by atoms with Gasteiger partial charge in [-0.15, -0.1) is 0 Å². The fourth-order valence-electron chi connectivity index (χ4n) is 4.93. The molecule has 198 valence electrons. The maximum atomic E-state index is 13.6. The summed E-state index contributed by atoms with van der Waals surface area (Å²) in [6, 6.07) is 13.5. The van der Waals surface area contributed by atoms with Crippen molar-refractivity contribution >= 4 is 10.9 Å². The minimum atomic E-state index is -4.70. The van der Waals surface area contributed by atoms with Gasteiger partial charge in [0.2, 0.25) is 0 Å². The highest BCUT2D eigenvalue weighted by Crippen LogP contribution is 2.46. The first-order valence-corrected chi connectivity index (χ1v) is 12.2. The first-order chi connectivity index (χ1) is 18.1. The van der Waals surface area contributed by atoms with Crippen LogP contribution in [-0.2, 0) is 12.8 Å². The number of pyridine rings is 3. The van der Waals surface area contributed by atoms with Crippen LogP contribution in [0.1, 0.15) is 48.4 Å². The summed E-state index contributed by atoms with van der Waals surface area (Å²) >= 11 is 0. The fraction of sp³-hybridized carbons (Fsp3) is 0.321. The van der Waals surface area contributed by atoms with E-state index in [0.29, 0.717) is 22.2 Å². The van der Waals surface area contributed by atoms with Gasteiger partial charge < -0.3 is 4.74 Å². The summed E-state index contributed by atoms with van der Waals surface area (Å²) in [4.78, 5) is 12.3. The van der Waals surface area contributed by atoms with E-state index >= 15 is 0 Å². The quantitative estimate of drug-likeness (QED) is 0.244. The molecule has 0 N–H and O–H groups in total. The van der Waals surface area contributed by atoms with Gasteiger partial charge in [-0.05, 0) is 54.9 Å². The Kier molecular flexibility index (Phi) is 6.98. The third-order valence-electron chi connectivity index (χ3n) is 6.94. The molecule has 1 aromatic carbocycles. The van der Waals surface area contributed by atoms with Crippen LogP contribution in [0, 0.1) is 5.92 Å². The highest BCUT2D eigenvalue weighted by Gasteiger charge is 2.42. The highest BCUT2D eigenvalue weighted by molar-refractivity contribution is 5.87. The number of hydrogen-bond acceptors (Lipinski definition) is 4. The number of alkyl halides is 6. The number of nitrogens with zero attached hydrogens (tertiary/aromatic N) is 3. The molecule has 1 saturated carbocycles. The number of rotatable bonds is 5. The molecular formula is C28H23F6N3O. The van der Waals surface area contributed by atoms with E-state index < -0.39 is 24.0 Å². The largest absolute Gasteiger partial charge is 0.488 e. The van der Waals surface area contributed by atoms with Crippen LogP contribution < -0.4 is 4.74 Å². The predicted octanol–water partition coefficient (Wildman–Crippen LogP) is 8.13.